The Morgan fingerprint density at radius 3 is 1.45 bits per heavy atom. The molecule has 0 spiro atoms. The van der Waals surface area contributed by atoms with Gasteiger partial charge in [0.15, 0.2) is 0 Å². The van der Waals surface area contributed by atoms with E-state index in [1.54, 1.807) is 10.0 Å². The van der Waals surface area contributed by atoms with Gasteiger partial charge >= 0.3 is 118 Å². The number of hydrogen-bond donors (Lipinski definition) is 3. The Labute approximate surface area is 157 Å². The van der Waals surface area contributed by atoms with Crippen molar-refractivity contribution in [3.8, 4) is 0 Å². The van der Waals surface area contributed by atoms with Crippen molar-refractivity contribution < 1.29 is 26.9 Å². The summed E-state index contributed by atoms with van der Waals surface area (Å²) in [5, 5.41) is 3.35. The normalized spacial score (nSPS) is 13.8. The summed E-state index contributed by atoms with van der Waals surface area (Å²) >= 11 is 6.88. The summed E-state index contributed by atoms with van der Waals surface area (Å²) in [6.45, 7) is 9.45. The van der Waals surface area contributed by atoms with Gasteiger partial charge in [-0.15, -0.1) is 0 Å². The van der Waals surface area contributed by atoms with Crippen LogP contribution in [0.4, 0.5) is 0 Å². The fraction of sp³-hybridized carbons (Fsp3) is 1.00. The molecule has 0 aliphatic rings. The average molecular weight is 422 g/mol. The molecular formula is C16H37O2PS2Zn. The molecule has 2 N–H and O–H groups in total. The number of rotatable bonds is 12. The molecule has 0 rings (SSSR count). The Hall–Kier alpha value is 1.54. The van der Waals surface area contributed by atoms with Crippen LogP contribution in [0.5, 0.6) is 0 Å². The second-order valence-corrected chi connectivity index (χ2v) is 15.2. The van der Waals surface area contributed by atoms with E-state index >= 15 is 0 Å². The van der Waals surface area contributed by atoms with Crippen molar-refractivity contribution in [2.45, 2.75) is 89.1 Å². The van der Waals surface area contributed by atoms with Gasteiger partial charge in [-0.05, 0) is 11.8 Å². The summed E-state index contributed by atoms with van der Waals surface area (Å²) in [6.07, 6.45) is 11.6. The quantitative estimate of drug-likeness (QED) is 0.192. The maximum atomic E-state index is 7.87. The molecule has 0 bridgehead atoms. The zero-order valence-electron chi connectivity index (χ0n) is 15.1. The van der Waals surface area contributed by atoms with Gasteiger partial charge < -0.3 is 9.79 Å². The van der Waals surface area contributed by atoms with Gasteiger partial charge in [0.2, 0.25) is 5.69 Å². The predicted molar refractivity (Wildman–Crippen MR) is 104 cm³/mol. The van der Waals surface area contributed by atoms with Crippen molar-refractivity contribution in [1.82, 2.24) is 0 Å². The number of unbranched alkanes of at least 4 members (excludes halogenated alkanes) is 2. The molecule has 0 aromatic heterocycles. The molecule has 0 heterocycles. The van der Waals surface area contributed by atoms with Crippen molar-refractivity contribution >= 4 is 29.7 Å². The molecule has 2 nitrogen and oxygen atoms in total. The molecule has 0 saturated carbocycles. The van der Waals surface area contributed by atoms with Gasteiger partial charge in [0.1, 0.15) is 0 Å². The van der Waals surface area contributed by atoms with Crippen LogP contribution in [0.15, 0.2) is 0 Å². The smallest absolute Gasteiger partial charge is 0.239 e. The summed E-state index contributed by atoms with van der Waals surface area (Å²) < 4.78 is 0. The van der Waals surface area contributed by atoms with Gasteiger partial charge in [0.05, 0.1) is 0 Å². The topological polar surface area (TPSA) is 40.5 Å². The zero-order chi connectivity index (χ0) is 17.4. The van der Waals surface area contributed by atoms with E-state index < -0.39 is 5.69 Å². The van der Waals surface area contributed by atoms with Crippen LogP contribution in [0.1, 0.15) is 79.1 Å². The van der Waals surface area contributed by atoms with E-state index in [0.29, 0.717) is 0 Å². The fourth-order valence-corrected chi connectivity index (χ4v) is 8.63. The minimum atomic E-state index is -3.11. The maximum Gasteiger partial charge on any atom is 0.239 e. The Bertz CT molecular complexity index is 251. The van der Waals surface area contributed by atoms with E-state index in [1.165, 1.54) is 51.4 Å². The largest absolute Gasteiger partial charge is 0.338 e. The van der Waals surface area contributed by atoms with Crippen LogP contribution in [0.3, 0.4) is 0 Å². The van der Waals surface area contributed by atoms with Gasteiger partial charge in [-0.25, -0.2) is 0 Å². The van der Waals surface area contributed by atoms with E-state index in [-0.39, 0.29) is 17.1 Å². The van der Waals surface area contributed by atoms with Crippen LogP contribution >= 0.6 is 17.9 Å². The van der Waals surface area contributed by atoms with Crippen molar-refractivity contribution in [3.63, 3.8) is 0 Å². The second kappa shape index (κ2) is 17.4. The van der Waals surface area contributed by atoms with Gasteiger partial charge in [0, 0.05) is 0 Å². The van der Waals surface area contributed by atoms with Gasteiger partial charge in [-0.2, -0.15) is 0 Å². The van der Waals surface area contributed by atoms with Crippen molar-refractivity contribution in [3.05, 3.63) is 0 Å². The first kappa shape index (κ1) is 25.8. The van der Waals surface area contributed by atoms with E-state index in [0.717, 1.165) is 11.8 Å². The standard InChI is InChI=1S/2C8H17.H3O2PS2.Zn/c2*1-4-6-7-8(3)5-2;1-3(2,4)5;/h2*8H,3-7H2,1-2H3;(H3,1,2,4,5);. The van der Waals surface area contributed by atoms with Crippen LogP contribution in [-0.2, 0) is 28.9 Å². The third kappa shape index (κ3) is 23.8. The minimum Gasteiger partial charge on any atom is -0.338 e. The first-order valence-corrected chi connectivity index (χ1v) is 17.1. The molecular weight excluding hydrogens is 385 g/mol. The number of hydrogen-bond acceptors (Lipinski definition) is 1. The molecule has 0 amide bonds. The van der Waals surface area contributed by atoms with E-state index in [9.17, 15) is 0 Å². The fourth-order valence-electron chi connectivity index (χ4n) is 2.79. The third-order valence-corrected chi connectivity index (χ3v) is 9.45. The molecule has 0 aliphatic heterocycles. The third-order valence-electron chi connectivity index (χ3n) is 4.31. The Balaban J connectivity index is 0. The van der Waals surface area contributed by atoms with Crippen molar-refractivity contribution in [1.29, 1.82) is 0 Å². The Morgan fingerprint density at radius 1 is 0.909 bits per heavy atom. The van der Waals surface area contributed by atoms with Gasteiger partial charge in [-0.3, -0.25) is 0 Å². The van der Waals surface area contributed by atoms with Crippen LogP contribution in [0.25, 0.3) is 0 Å². The van der Waals surface area contributed by atoms with E-state index in [4.69, 9.17) is 9.79 Å². The molecule has 22 heavy (non-hydrogen) atoms. The SMILES string of the molecule is CCCCC(CC)[CH2][Zn][CH2]C(CC)CCCC.OP(O)(=S)S. The first-order valence-electron chi connectivity index (χ1n) is 9.06. The van der Waals surface area contributed by atoms with Crippen molar-refractivity contribution in [2.75, 3.05) is 0 Å². The van der Waals surface area contributed by atoms with Crippen LogP contribution in [-0.4, -0.2) is 9.79 Å². The molecule has 0 aromatic carbocycles. The second-order valence-electron chi connectivity index (χ2n) is 6.28. The average Bonchev–Trinajstić information content (AvgIpc) is 2.44. The molecule has 0 aliphatic carbocycles. The summed E-state index contributed by atoms with van der Waals surface area (Å²) in [5.74, 6) is 2.19. The molecule has 0 aromatic rings. The first-order chi connectivity index (χ1) is 10.3. The molecule has 0 radical (unpaired) electrons. The molecule has 2 unspecified atom stereocenters. The summed E-state index contributed by atoms with van der Waals surface area (Å²) in [6, 6.07) is 0. The minimum absolute atomic E-state index is 0.195. The molecule has 0 saturated heterocycles. The molecule has 2 atom stereocenters. The summed E-state index contributed by atoms with van der Waals surface area (Å²) in [5.41, 5.74) is -3.11. The van der Waals surface area contributed by atoms with Gasteiger partial charge in [0.25, 0.3) is 0 Å². The molecule has 132 valence electrons. The maximum absolute atomic E-state index is 7.87. The van der Waals surface area contributed by atoms with Crippen LogP contribution in [0.2, 0.25) is 10.0 Å². The summed E-state index contributed by atoms with van der Waals surface area (Å²) in [4.78, 5) is 15.7. The Morgan fingerprint density at radius 2 is 1.23 bits per heavy atom. The molecule has 0 fully saturated rings. The van der Waals surface area contributed by atoms with E-state index in [2.05, 4.69) is 51.8 Å². The van der Waals surface area contributed by atoms with Crippen molar-refractivity contribution in [2.24, 2.45) is 11.8 Å². The van der Waals surface area contributed by atoms with E-state index in [1.807, 2.05) is 0 Å². The van der Waals surface area contributed by atoms with Crippen LogP contribution in [0, 0.1) is 11.8 Å². The predicted octanol–water partition coefficient (Wildman–Crippen LogP) is 6.46. The molecule has 6 heteroatoms. The van der Waals surface area contributed by atoms with Gasteiger partial charge in [-0.1, -0.05) is 12.2 Å². The summed E-state index contributed by atoms with van der Waals surface area (Å²) in [7, 11) is 0. The Kier molecular flexibility index (Phi) is 20.4. The van der Waals surface area contributed by atoms with Crippen LogP contribution < -0.4 is 0 Å². The zero-order valence-corrected chi connectivity index (χ0v) is 20.7. The number of thiol groups is 1. The monoisotopic (exact) mass is 420 g/mol.